The van der Waals surface area contributed by atoms with Crippen molar-refractivity contribution in [3.05, 3.63) is 72.8 Å². The second-order valence-electron chi connectivity index (χ2n) is 6.44. The lowest BCUT2D eigenvalue weighted by Gasteiger charge is -2.23. The molecule has 6 nitrogen and oxygen atoms in total. The molecule has 3 aromatic rings. The first-order valence-electron chi connectivity index (χ1n) is 9.54. The fraction of sp³-hybridized carbons (Fsp3) is 0.182. The third-order valence-electron chi connectivity index (χ3n) is 4.52. The van der Waals surface area contributed by atoms with Crippen molar-refractivity contribution in [1.82, 2.24) is 0 Å². The van der Waals surface area contributed by atoms with Crippen LogP contribution >= 0.6 is 14.7 Å². The van der Waals surface area contributed by atoms with E-state index in [0.717, 1.165) is 12.1 Å². The topological polar surface area (TPSA) is 93.1 Å². The third kappa shape index (κ3) is 4.10. The van der Waals surface area contributed by atoms with Gasteiger partial charge in [0.15, 0.2) is 0 Å². The highest BCUT2D eigenvalue weighted by Crippen LogP contribution is 2.51. The maximum absolute atomic E-state index is 13.8. The molecule has 0 aliphatic heterocycles. The van der Waals surface area contributed by atoms with Crippen LogP contribution in [-0.4, -0.2) is 23.4 Å². The van der Waals surface area contributed by atoms with Gasteiger partial charge >= 0.3 is 0 Å². The van der Waals surface area contributed by atoms with E-state index < -0.39 is 14.7 Å². The van der Waals surface area contributed by atoms with Crippen LogP contribution in [0.1, 0.15) is 13.8 Å². The first-order valence-corrected chi connectivity index (χ1v) is 12.8. The first-order chi connectivity index (χ1) is 14.4. The van der Waals surface area contributed by atoms with E-state index in [0.29, 0.717) is 10.6 Å². The number of phenolic OH excluding ortho intramolecular Hbond substituents is 2. The second-order valence-corrected chi connectivity index (χ2v) is 11.2. The summed E-state index contributed by atoms with van der Waals surface area (Å²) in [6.07, 6.45) is 0. The minimum absolute atomic E-state index is 0.0621. The van der Waals surface area contributed by atoms with E-state index in [1.807, 2.05) is 0 Å². The van der Waals surface area contributed by atoms with Crippen LogP contribution in [0.15, 0.2) is 72.8 Å². The van der Waals surface area contributed by atoms with Crippen LogP contribution in [0.3, 0.4) is 0 Å². The summed E-state index contributed by atoms with van der Waals surface area (Å²) in [5.41, 5.74) is 0. The number of benzene rings is 3. The van der Waals surface area contributed by atoms with E-state index >= 15 is 0 Å². The molecule has 0 amide bonds. The number of aromatic hydroxyl groups is 2. The Kier molecular flexibility index (Phi) is 6.84. The van der Waals surface area contributed by atoms with Gasteiger partial charge in [-0.1, -0.05) is 36.4 Å². The van der Waals surface area contributed by atoms with Crippen molar-refractivity contribution in [2.24, 2.45) is 0 Å². The van der Waals surface area contributed by atoms with Gasteiger partial charge in [-0.3, -0.25) is 9.13 Å². The summed E-state index contributed by atoms with van der Waals surface area (Å²) in [5, 5.41) is 22.2. The summed E-state index contributed by atoms with van der Waals surface area (Å²) in [6, 6.07) is 19.3. The average Bonchev–Trinajstić information content (AvgIpc) is 2.76. The van der Waals surface area contributed by atoms with Gasteiger partial charge in [-0.2, -0.15) is 0 Å². The normalized spacial score (nSPS) is 15.3. The first kappa shape index (κ1) is 22.3. The lowest BCUT2D eigenvalue weighted by atomic mass is 10.3. The fourth-order valence-electron chi connectivity index (χ4n) is 3.20. The van der Waals surface area contributed by atoms with Gasteiger partial charge in [0.2, 0.25) is 0 Å². The Hall–Kier alpha value is -2.36. The Morgan fingerprint density at radius 3 is 1.30 bits per heavy atom. The predicted octanol–water partition coefficient (Wildman–Crippen LogP) is 3.63. The van der Waals surface area contributed by atoms with Gasteiger partial charge in [-0.05, 0) is 50.2 Å². The Bertz CT molecular complexity index is 1010. The molecular weight excluding hydrogens is 422 g/mol. The van der Waals surface area contributed by atoms with Gasteiger partial charge in [-0.15, -0.1) is 0 Å². The number of hydrogen-bond acceptors (Lipinski definition) is 6. The summed E-state index contributed by atoms with van der Waals surface area (Å²) in [4.78, 5) is 0. The predicted molar refractivity (Wildman–Crippen MR) is 120 cm³/mol. The standard InChI is InChI=1S/C22H24O6P2/c1-3-27-29(25,17-11-7-5-8-12-17)21-15-20(24)22(16-19(21)23)30(26,28-4-2)18-13-9-6-10-14-18/h5-16,23-24H,3-4H2,1-2H3. The van der Waals surface area contributed by atoms with Crippen molar-refractivity contribution in [1.29, 1.82) is 0 Å². The Morgan fingerprint density at radius 2 is 1.00 bits per heavy atom. The lowest BCUT2D eigenvalue weighted by molar-refractivity contribution is 0.345. The highest BCUT2D eigenvalue weighted by Gasteiger charge is 2.37. The third-order valence-corrected chi connectivity index (χ3v) is 9.70. The van der Waals surface area contributed by atoms with Crippen LogP contribution in [0.25, 0.3) is 0 Å². The summed E-state index contributed by atoms with van der Waals surface area (Å²) >= 11 is 0. The molecule has 0 aliphatic carbocycles. The van der Waals surface area contributed by atoms with Crippen LogP contribution in [0, 0.1) is 0 Å². The molecule has 30 heavy (non-hydrogen) atoms. The molecule has 0 aromatic heterocycles. The zero-order valence-corrected chi connectivity index (χ0v) is 18.6. The van der Waals surface area contributed by atoms with Crippen LogP contribution in [0.4, 0.5) is 0 Å². The van der Waals surface area contributed by atoms with E-state index in [-0.39, 0.29) is 35.3 Å². The van der Waals surface area contributed by atoms with E-state index in [1.54, 1.807) is 74.5 Å². The molecule has 0 fully saturated rings. The number of phenols is 2. The SMILES string of the molecule is CCOP(=O)(c1ccccc1)c1cc(O)c(P(=O)(OCC)c2ccccc2)cc1O. The van der Waals surface area contributed by atoms with Gasteiger partial charge in [0.1, 0.15) is 11.5 Å². The monoisotopic (exact) mass is 446 g/mol. The Morgan fingerprint density at radius 1 is 0.667 bits per heavy atom. The summed E-state index contributed by atoms with van der Waals surface area (Å²) < 4.78 is 38.7. The Labute approximate surface area is 176 Å². The quantitative estimate of drug-likeness (QED) is 0.406. The van der Waals surface area contributed by atoms with E-state index in [2.05, 4.69) is 0 Å². The van der Waals surface area contributed by atoms with Gasteiger partial charge in [-0.25, -0.2) is 0 Å². The molecule has 0 radical (unpaired) electrons. The van der Waals surface area contributed by atoms with Crippen molar-refractivity contribution in [2.75, 3.05) is 13.2 Å². The summed E-state index contributed by atoms with van der Waals surface area (Å²) in [6.45, 7) is 3.66. The molecular formula is C22H24O6P2. The van der Waals surface area contributed by atoms with Gasteiger partial charge < -0.3 is 19.3 Å². The number of rotatable bonds is 8. The molecule has 8 heteroatoms. The molecule has 2 N–H and O–H groups in total. The molecule has 3 aromatic carbocycles. The van der Waals surface area contributed by atoms with E-state index in [4.69, 9.17) is 9.05 Å². The average molecular weight is 446 g/mol. The van der Waals surface area contributed by atoms with Crippen molar-refractivity contribution in [3.63, 3.8) is 0 Å². The Balaban J connectivity index is 2.20. The minimum atomic E-state index is -3.69. The smallest absolute Gasteiger partial charge is 0.265 e. The van der Waals surface area contributed by atoms with E-state index in [9.17, 15) is 19.3 Å². The van der Waals surface area contributed by atoms with Crippen LogP contribution in [-0.2, 0) is 18.2 Å². The molecule has 2 unspecified atom stereocenters. The highest BCUT2D eigenvalue weighted by molar-refractivity contribution is 7.75. The molecule has 158 valence electrons. The van der Waals surface area contributed by atoms with Crippen molar-refractivity contribution in [2.45, 2.75) is 13.8 Å². The zero-order chi connectivity index (χ0) is 21.8. The highest BCUT2D eigenvalue weighted by atomic mass is 31.2. The molecule has 0 bridgehead atoms. The summed E-state index contributed by atoms with van der Waals surface area (Å²) in [7, 11) is -7.38. The van der Waals surface area contributed by atoms with Crippen molar-refractivity contribution < 1.29 is 28.4 Å². The molecule has 0 aliphatic rings. The molecule has 2 atom stereocenters. The van der Waals surface area contributed by atoms with Crippen molar-refractivity contribution in [3.8, 4) is 11.5 Å². The zero-order valence-electron chi connectivity index (χ0n) is 16.8. The minimum Gasteiger partial charge on any atom is -0.507 e. The van der Waals surface area contributed by atoms with Gasteiger partial charge in [0.25, 0.3) is 14.7 Å². The fourth-order valence-corrected chi connectivity index (χ4v) is 7.51. The lowest BCUT2D eigenvalue weighted by Crippen LogP contribution is -2.23. The van der Waals surface area contributed by atoms with Crippen LogP contribution in [0.5, 0.6) is 11.5 Å². The number of hydrogen-bond donors (Lipinski definition) is 2. The molecule has 0 saturated carbocycles. The second kappa shape index (κ2) is 9.20. The molecule has 0 heterocycles. The molecule has 0 saturated heterocycles. The van der Waals surface area contributed by atoms with E-state index in [1.165, 1.54) is 0 Å². The molecule has 3 rings (SSSR count). The largest absolute Gasteiger partial charge is 0.507 e. The van der Waals surface area contributed by atoms with Crippen molar-refractivity contribution >= 4 is 36.0 Å². The van der Waals surface area contributed by atoms with Gasteiger partial charge in [0, 0.05) is 10.6 Å². The van der Waals surface area contributed by atoms with Crippen LogP contribution in [0.2, 0.25) is 0 Å². The summed E-state index contributed by atoms with van der Waals surface area (Å²) in [5.74, 6) is -0.779. The maximum atomic E-state index is 13.8. The molecule has 0 spiro atoms. The van der Waals surface area contributed by atoms with Crippen LogP contribution < -0.4 is 21.2 Å². The van der Waals surface area contributed by atoms with Gasteiger partial charge in [0.05, 0.1) is 23.8 Å². The maximum Gasteiger partial charge on any atom is 0.265 e.